The second-order valence-electron chi connectivity index (χ2n) is 9.18. The van der Waals surface area contributed by atoms with E-state index >= 15 is 0 Å². The first-order chi connectivity index (χ1) is 18.5. The quantitative estimate of drug-likeness (QED) is 0.300. The smallest absolute Gasteiger partial charge is 0.281 e. The lowest BCUT2D eigenvalue weighted by Gasteiger charge is -2.15. The predicted molar refractivity (Wildman–Crippen MR) is 143 cm³/mol. The number of nitrogens with one attached hydrogen (secondary N) is 1. The summed E-state index contributed by atoms with van der Waals surface area (Å²) < 4.78 is 53.7. The van der Waals surface area contributed by atoms with Gasteiger partial charge < -0.3 is 9.47 Å². The van der Waals surface area contributed by atoms with Crippen molar-refractivity contribution >= 4 is 15.9 Å². The zero-order chi connectivity index (χ0) is 28.2. The van der Waals surface area contributed by atoms with Gasteiger partial charge in [0.2, 0.25) is 5.88 Å². The number of sulfonamides is 1. The average molecular weight is 551 g/mol. The summed E-state index contributed by atoms with van der Waals surface area (Å²) in [6.07, 6.45) is 2.91. The number of hydrogen-bond acceptors (Lipinski definition) is 8. The van der Waals surface area contributed by atoms with Crippen LogP contribution in [0.1, 0.15) is 35.5 Å². The highest BCUT2D eigenvalue weighted by Gasteiger charge is 2.24. The Balaban J connectivity index is 1.76. The molecule has 4 rings (SSSR count). The van der Waals surface area contributed by atoms with Crippen LogP contribution in [0.3, 0.4) is 0 Å². The number of ether oxygens (including phenoxy) is 2. The van der Waals surface area contributed by atoms with Crippen LogP contribution in [-0.4, -0.2) is 35.9 Å². The van der Waals surface area contributed by atoms with E-state index in [9.17, 15) is 17.6 Å². The second kappa shape index (κ2) is 11.6. The van der Waals surface area contributed by atoms with E-state index in [-0.39, 0.29) is 28.1 Å². The molecule has 1 aromatic carbocycles. The van der Waals surface area contributed by atoms with Crippen molar-refractivity contribution in [1.29, 1.82) is 0 Å². The molecule has 0 unspecified atom stereocenters. The molecule has 0 fully saturated rings. The van der Waals surface area contributed by atoms with E-state index in [0.29, 0.717) is 29.4 Å². The fraction of sp³-hybridized carbons (Fsp3) is 0.214. The minimum atomic E-state index is -4.27. The van der Waals surface area contributed by atoms with Crippen LogP contribution < -0.4 is 14.2 Å². The van der Waals surface area contributed by atoms with E-state index in [1.807, 2.05) is 18.6 Å². The molecule has 0 atom stereocenters. The lowest BCUT2D eigenvalue weighted by atomic mass is 10.1. The Kier molecular flexibility index (Phi) is 8.20. The number of carbonyl (C=O) groups is 1. The van der Waals surface area contributed by atoms with E-state index in [1.165, 1.54) is 42.6 Å². The van der Waals surface area contributed by atoms with Crippen LogP contribution in [0, 0.1) is 25.6 Å². The Labute approximate surface area is 226 Å². The molecular formula is C28H27FN4O5S. The minimum absolute atomic E-state index is 0.159. The van der Waals surface area contributed by atoms with Crippen LogP contribution in [0.25, 0.3) is 11.3 Å². The van der Waals surface area contributed by atoms with Gasteiger partial charge in [-0.15, -0.1) is 0 Å². The van der Waals surface area contributed by atoms with Gasteiger partial charge in [0.05, 0.1) is 18.0 Å². The molecule has 0 bridgehead atoms. The fourth-order valence-electron chi connectivity index (χ4n) is 3.58. The van der Waals surface area contributed by atoms with Gasteiger partial charge in [-0.1, -0.05) is 19.9 Å². The monoisotopic (exact) mass is 550 g/mol. The van der Waals surface area contributed by atoms with Gasteiger partial charge in [-0.2, -0.15) is 8.42 Å². The molecule has 4 aromatic rings. The second-order valence-corrected chi connectivity index (χ2v) is 10.8. The first-order valence-electron chi connectivity index (χ1n) is 12.1. The first kappa shape index (κ1) is 27.6. The molecule has 0 spiro atoms. The molecule has 0 radical (unpaired) electrons. The van der Waals surface area contributed by atoms with Crippen LogP contribution in [-0.2, 0) is 10.0 Å². The fourth-order valence-corrected chi connectivity index (χ4v) is 4.49. The van der Waals surface area contributed by atoms with Crippen molar-refractivity contribution < 1.29 is 27.1 Å². The number of carbonyl (C=O) groups excluding carboxylic acids is 1. The number of nitrogens with zero attached hydrogens (tertiary/aromatic N) is 3. The Morgan fingerprint density at radius 1 is 1.03 bits per heavy atom. The molecule has 0 saturated carbocycles. The van der Waals surface area contributed by atoms with Gasteiger partial charge in [-0.3, -0.25) is 9.78 Å². The highest BCUT2D eigenvalue weighted by atomic mass is 32.2. The molecule has 0 aliphatic heterocycles. The number of hydrogen-bond donors (Lipinski definition) is 1. The molecule has 1 amide bonds. The van der Waals surface area contributed by atoms with Crippen LogP contribution >= 0.6 is 0 Å². The maximum absolute atomic E-state index is 14.5. The number of benzene rings is 1. The largest absolute Gasteiger partial charge is 0.493 e. The van der Waals surface area contributed by atoms with Crippen molar-refractivity contribution in [3.05, 3.63) is 89.6 Å². The van der Waals surface area contributed by atoms with Crippen LogP contribution in [0.2, 0.25) is 0 Å². The summed E-state index contributed by atoms with van der Waals surface area (Å²) >= 11 is 0. The summed E-state index contributed by atoms with van der Waals surface area (Å²) in [5.74, 6) is -0.781. The molecule has 202 valence electrons. The van der Waals surface area contributed by atoms with Crippen molar-refractivity contribution in [2.45, 2.75) is 32.7 Å². The van der Waals surface area contributed by atoms with Gasteiger partial charge in [0, 0.05) is 24.0 Å². The third-order valence-corrected chi connectivity index (χ3v) is 6.72. The summed E-state index contributed by atoms with van der Waals surface area (Å²) in [4.78, 5) is 25.7. The van der Waals surface area contributed by atoms with Gasteiger partial charge in [0.1, 0.15) is 17.1 Å². The highest BCUT2D eigenvalue weighted by Crippen LogP contribution is 2.32. The zero-order valence-electron chi connectivity index (χ0n) is 21.8. The molecule has 9 nitrogen and oxygen atoms in total. The maximum atomic E-state index is 14.5. The lowest BCUT2D eigenvalue weighted by molar-refractivity contribution is 0.0978. The number of aryl methyl sites for hydroxylation is 2. The molecule has 3 heterocycles. The van der Waals surface area contributed by atoms with Gasteiger partial charge in [-0.05, 0) is 67.8 Å². The molecule has 11 heteroatoms. The SMILES string of the molecule is Cc1ccnc(C)c1Oc1nc(-c2cc(F)cc(OCC(C)C)c2)ccc1C(=O)NS(=O)(=O)c1ccccn1. The van der Waals surface area contributed by atoms with Crippen LogP contribution in [0.4, 0.5) is 4.39 Å². The highest BCUT2D eigenvalue weighted by molar-refractivity contribution is 7.90. The zero-order valence-corrected chi connectivity index (χ0v) is 22.6. The third-order valence-electron chi connectivity index (χ3n) is 5.47. The van der Waals surface area contributed by atoms with Crippen molar-refractivity contribution in [2.24, 2.45) is 5.92 Å². The molecule has 0 aliphatic rings. The minimum Gasteiger partial charge on any atom is -0.493 e. The normalized spacial score (nSPS) is 11.3. The summed E-state index contributed by atoms with van der Waals surface area (Å²) in [7, 11) is -4.27. The predicted octanol–water partition coefficient (Wildman–Crippen LogP) is 5.24. The van der Waals surface area contributed by atoms with Crippen molar-refractivity contribution in [1.82, 2.24) is 19.7 Å². The van der Waals surface area contributed by atoms with Gasteiger partial charge >= 0.3 is 0 Å². The average Bonchev–Trinajstić information content (AvgIpc) is 2.89. The Bertz CT molecular complexity index is 1590. The molecule has 0 aliphatic carbocycles. The number of aromatic nitrogens is 3. The van der Waals surface area contributed by atoms with Crippen LogP contribution in [0.15, 0.2) is 72.0 Å². The summed E-state index contributed by atoms with van der Waals surface area (Å²) in [5.41, 5.74) is 1.75. The standard InChI is InChI=1S/C28H27FN4O5S/c1-17(2)16-37-22-14-20(13-21(29)15-22)24-9-8-23(27(34)33-39(35,36)25-7-5-6-11-31-25)28(32-24)38-26-18(3)10-12-30-19(26)4/h5-15,17H,16H2,1-4H3,(H,33,34). The Morgan fingerprint density at radius 3 is 2.51 bits per heavy atom. The van der Waals surface area contributed by atoms with Gasteiger partial charge in [-0.25, -0.2) is 19.1 Å². The van der Waals surface area contributed by atoms with E-state index < -0.39 is 21.7 Å². The Hall–Kier alpha value is -4.38. The van der Waals surface area contributed by atoms with E-state index in [2.05, 4.69) is 15.0 Å². The topological polar surface area (TPSA) is 120 Å². The van der Waals surface area contributed by atoms with Crippen molar-refractivity contribution in [3.8, 4) is 28.6 Å². The summed E-state index contributed by atoms with van der Waals surface area (Å²) in [6.45, 7) is 7.87. The first-order valence-corrected chi connectivity index (χ1v) is 13.5. The third kappa shape index (κ3) is 6.74. The number of rotatable bonds is 9. The van der Waals surface area contributed by atoms with E-state index in [1.54, 1.807) is 38.2 Å². The molecular weight excluding hydrogens is 523 g/mol. The van der Waals surface area contributed by atoms with Gasteiger partial charge in [0.25, 0.3) is 15.9 Å². The molecule has 39 heavy (non-hydrogen) atoms. The van der Waals surface area contributed by atoms with Crippen molar-refractivity contribution in [3.63, 3.8) is 0 Å². The summed E-state index contributed by atoms with van der Waals surface area (Å²) in [6, 6.07) is 13.0. The molecule has 3 aromatic heterocycles. The lowest BCUT2D eigenvalue weighted by Crippen LogP contribution is -2.31. The number of amides is 1. The number of pyridine rings is 3. The van der Waals surface area contributed by atoms with E-state index in [4.69, 9.17) is 9.47 Å². The van der Waals surface area contributed by atoms with Crippen molar-refractivity contribution in [2.75, 3.05) is 6.61 Å². The maximum Gasteiger partial charge on any atom is 0.281 e. The summed E-state index contributed by atoms with van der Waals surface area (Å²) in [5, 5.41) is -0.321. The molecule has 0 saturated heterocycles. The van der Waals surface area contributed by atoms with Gasteiger partial charge in [0.15, 0.2) is 10.8 Å². The molecule has 1 N–H and O–H groups in total. The number of halogens is 1. The van der Waals surface area contributed by atoms with Crippen LogP contribution in [0.5, 0.6) is 17.4 Å². The Morgan fingerprint density at radius 2 is 1.82 bits per heavy atom. The van der Waals surface area contributed by atoms with E-state index in [0.717, 1.165) is 5.56 Å².